The van der Waals surface area contributed by atoms with Gasteiger partial charge in [0.1, 0.15) is 0 Å². The molecule has 0 bridgehead atoms. The zero-order valence-corrected chi connectivity index (χ0v) is 15.6. The van der Waals surface area contributed by atoms with Crippen LogP contribution in [0.2, 0.25) is 0 Å². The maximum atomic E-state index is 12.6. The van der Waals surface area contributed by atoms with Crippen molar-refractivity contribution in [3.63, 3.8) is 0 Å². The molecule has 2 aromatic carbocycles. The minimum atomic E-state index is -3.74. The fourth-order valence-electron chi connectivity index (χ4n) is 3.05. The summed E-state index contributed by atoms with van der Waals surface area (Å²) in [5.41, 5.74) is 1.96. The summed E-state index contributed by atoms with van der Waals surface area (Å²) in [5.74, 6) is -1.33. The van der Waals surface area contributed by atoms with E-state index >= 15 is 0 Å². The number of hydrogen-bond donors (Lipinski definition) is 1. The number of nitrogens with zero attached hydrogens (tertiary/aromatic N) is 2. The van der Waals surface area contributed by atoms with E-state index < -0.39 is 16.0 Å². The molecule has 2 aromatic rings. The van der Waals surface area contributed by atoms with Gasteiger partial charge < -0.3 is 10.0 Å². The lowest BCUT2D eigenvalue weighted by Gasteiger charge is -2.30. The number of carboxylic acids is 1. The van der Waals surface area contributed by atoms with Crippen LogP contribution in [0.5, 0.6) is 0 Å². The lowest BCUT2D eigenvalue weighted by atomic mass is 9.97. The molecule has 1 N–H and O–H groups in total. The van der Waals surface area contributed by atoms with E-state index in [0.29, 0.717) is 13.0 Å². The van der Waals surface area contributed by atoms with Gasteiger partial charge in [0.05, 0.1) is 17.0 Å². The van der Waals surface area contributed by atoms with Gasteiger partial charge in [0.15, 0.2) is 0 Å². The summed E-state index contributed by atoms with van der Waals surface area (Å²) in [6, 6.07) is 12.9. The van der Waals surface area contributed by atoms with E-state index in [1.54, 1.807) is 41.3 Å². The molecule has 142 valence electrons. The van der Waals surface area contributed by atoms with Crippen LogP contribution in [0.15, 0.2) is 53.4 Å². The van der Waals surface area contributed by atoms with Crippen LogP contribution in [0, 0.1) is 0 Å². The Morgan fingerprint density at radius 2 is 1.81 bits per heavy atom. The van der Waals surface area contributed by atoms with E-state index in [4.69, 9.17) is 5.11 Å². The SMILES string of the molecule is CN(CC(=O)N1CCc2ccc(C(=O)O)cc2C1)S(=O)(=O)c1ccccc1. The molecule has 0 fully saturated rings. The summed E-state index contributed by atoms with van der Waals surface area (Å²) >= 11 is 0. The Hall–Kier alpha value is -2.71. The second-order valence-electron chi connectivity index (χ2n) is 6.43. The third kappa shape index (κ3) is 4.01. The third-order valence-electron chi connectivity index (χ3n) is 4.63. The number of amides is 1. The monoisotopic (exact) mass is 388 g/mol. The molecule has 0 atom stereocenters. The molecule has 3 rings (SSSR count). The number of aromatic carboxylic acids is 1. The summed E-state index contributed by atoms with van der Waals surface area (Å²) in [6.45, 7) is 0.469. The van der Waals surface area contributed by atoms with Crippen LogP contribution in [0.1, 0.15) is 21.5 Å². The molecule has 0 aromatic heterocycles. The summed E-state index contributed by atoms with van der Waals surface area (Å²) in [4.78, 5) is 25.5. The Kier molecular flexibility index (Phi) is 5.29. The highest BCUT2D eigenvalue weighted by Crippen LogP contribution is 2.21. The van der Waals surface area contributed by atoms with Crippen molar-refractivity contribution in [3.8, 4) is 0 Å². The van der Waals surface area contributed by atoms with Gasteiger partial charge in [-0.2, -0.15) is 4.31 Å². The van der Waals surface area contributed by atoms with E-state index in [1.807, 2.05) is 0 Å². The smallest absolute Gasteiger partial charge is 0.335 e. The number of carboxylic acid groups (broad SMARTS) is 1. The van der Waals surface area contributed by atoms with Crippen molar-refractivity contribution < 1.29 is 23.1 Å². The van der Waals surface area contributed by atoms with Crippen molar-refractivity contribution in [1.82, 2.24) is 9.21 Å². The Bertz CT molecular complexity index is 973. The minimum absolute atomic E-state index is 0.135. The molecule has 0 aliphatic carbocycles. The summed E-state index contributed by atoms with van der Waals surface area (Å²) in [6.07, 6.45) is 0.607. The Balaban J connectivity index is 1.72. The third-order valence-corrected chi connectivity index (χ3v) is 6.45. The molecule has 1 aliphatic rings. The number of sulfonamides is 1. The summed E-state index contributed by atoms with van der Waals surface area (Å²) in [5, 5.41) is 9.12. The van der Waals surface area contributed by atoms with Gasteiger partial charge in [0, 0.05) is 20.1 Å². The molecule has 1 aliphatic heterocycles. The van der Waals surface area contributed by atoms with Crippen LogP contribution in [-0.2, 0) is 27.8 Å². The van der Waals surface area contributed by atoms with Crippen molar-refractivity contribution in [3.05, 3.63) is 65.2 Å². The molecule has 0 unspecified atom stereocenters. The second-order valence-corrected chi connectivity index (χ2v) is 8.47. The average Bonchev–Trinajstić information content (AvgIpc) is 2.67. The normalized spacial score (nSPS) is 14.1. The van der Waals surface area contributed by atoms with E-state index in [0.717, 1.165) is 15.4 Å². The van der Waals surface area contributed by atoms with Gasteiger partial charge in [-0.15, -0.1) is 0 Å². The van der Waals surface area contributed by atoms with Crippen molar-refractivity contribution in [2.45, 2.75) is 17.9 Å². The van der Waals surface area contributed by atoms with Crippen molar-refractivity contribution >= 4 is 21.9 Å². The van der Waals surface area contributed by atoms with Crippen LogP contribution in [0.4, 0.5) is 0 Å². The van der Waals surface area contributed by atoms with E-state index in [9.17, 15) is 18.0 Å². The molecule has 8 heteroatoms. The van der Waals surface area contributed by atoms with Gasteiger partial charge in [-0.1, -0.05) is 24.3 Å². The van der Waals surface area contributed by atoms with E-state index in [2.05, 4.69) is 0 Å². The number of carbonyl (C=O) groups is 2. The molecule has 27 heavy (non-hydrogen) atoms. The zero-order valence-electron chi connectivity index (χ0n) is 14.8. The molecular formula is C19H20N2O5S. The van der Waals surface area contributed by atoms with Crippen LogP contribution in [-0.4, -0.2) is 54.7 Å². The molecule has 0 radical (unpaired) electrons. The number of likely N-dealkylation sites (N-methyl/N-ethyl adjacent to an activating group) is 1. The highest BCUT2D eigenvalue weighted by molar-refractivity contribution is 7.89. The lowest BCUT2D eigenvalue weighted by molar-refractivity contribution is -0.132. The highest BCUT2D eigenvalue weighted by Gasteiger charge is 2.27. The summed E-state index contributed by atoms with van der Waals surface area (Å²) < 4.78 is 26.2. The van der Waals surface area contributed by atoms with Crippen LogP contribution < -0.4 is 0 Å². The average molecular weight is 388 g/mol. The molecule has 1 heterocycles. The topological polar surface area (TPSA) is 95.0 Å². The van der Waals surface area contributed by atoms with Gasteiger partial charge in [-0.25, -0.2) is 13.2 Å². The fraction of sp³-hybridized carbons (Fsp3) is 0.263. The van der Waals surface area contributed by atoms with Gasteiger partial charge in [0.2, 0.25) is 15.9 Å². The minimum Gasteiger partial charge on any atom is -0.478 e. The maximum absolute atomic E-state index is 12.6. The lowest BCUT2D eigenvalue weighted by Crippen LogP contribution is -2.43. The molecule has 0 saturated carbocycles. The number of benzene rings is 2. The number of hydrogen-bond acceptors (Lipinski definition) is 4. The molecule has 7 nitrogen and oxygen atoms in total. The number of fused-ring (bicyclic) bond motifs is 1. The Morgan fingerprint density at radius 1 is 1.11 bits per heavy atom. The second kappa shape index (κ2) is 7.50. The van der Waals surface area contributed by atoms with Gasteiger partial charge >= 0.3 is 5.97 Å². The fourth-order valence-corrected chi connectivity index (χ4v) is 4.19. The zero-order chi connectivity index (χ0) is 19.6. The van der Waals surface area contributed by atoms with Crippen molar-refractivity contribution in [2.24, 2.45) is 0 Å². The maximum Gasteiger partial charge on any atom is 0.335 e. The van der Waals surface area contributed by atoms with E-state index in [-0.39, 0.29) is 29.5 Å². The molecular weight excluding hydrogens is 368 g/mol. The van der Waals surface area contributed by atoms with Crippen molar-refractivity contribution in [1.29, 1.82) is 0 Å². The van der Waals surface area contributed by atoms with Crippen LogP contribution >= 0.6 is 0 Å². The quantitative estimate of drug-likeness (QED) is 0.839. The standard InChI is InChI=1S/C19H20N2O5S/c1-20(27(25,26)17-5-3-2-4-6-17)13-18(22)21-10-9-14-7-8-15(19(23)24)11-16(14)12-21/h2-8,11H,9-10,12-13H2,1H3,(H,23,24). The number of rotatable bonds is 5. The highest BCUT2D eigenvalue weighted by atomic mass is 32.2. The first-order valence-corrected chi connectivity index (χ1v) is 9.87. The first-order valence-electron chi connectivity index (χ1n) is 8.43. The van der Waals surface area contributed by atoms with E-state index in [1.165, 1.54) is 19.2 Å². The number of carbonyl (C=O) groups excluding carboxylic acids is 1. The Morgan fingerprint density at radius 3 is 2.48 bits per heavy atom. The largest absolute Gasteiger partial charge is 0.478 e. The molecule has 0 spiro atoms. The van der Waals surface area contributed by atoms with Crippen molar-refractivity contribution in [2.75, 3.05) is 20.1 Å². The molecule has 1 amide bonds. The van der Waals surface area contributed by atoms with Crippen LogP contribution in [0.25, 0.3) is 0 Å². The van der Waals surface area contributed by atoms with Gasteiger partial charge in [-0.05, 0) is 41.8 Å². The Labute approximate surface area is 157 Å². The predicted molar refractivity (Wildman–Crippen MR) is 98.8 cm³/mol. The van der Waals surface area contributed by atoms with Gasteiger partial charge in [0.25, 0.3) is 0 Å². The van der Waals surface area contributed by atoms with Crippen LogP contribution in [0.3, 0.4) is 0 Å². The predicted octanol–water partition coefficient (Wildman–Crippen LogP) is 1.59. The summed E-state index contributed by atoms with van der Waals surface area (Å²) in [7, 11) is -2.37. The first-order chi connectivity index (χ1) is 12.8. The molecule has 0 saturated heterocycles. The van der Waals surface area contributed by atoms with Gasteiger partial charge in [-0.3, -0.25) is 4.79 Å². The first kappa shape index (κ1) is 19.1.